The van der Waals surface area contributed by atoms with Crippen LogP contribution in [0.2, 0.25) is 0 Å². The van der Waals surface area contributed by atoms with Crippen LogP contribution in [0.4, 0.5) is 0 Å². The summed E-state index contributed by atoms with van der Waals surface area (Å²) in [6.07, 6.45) is 2.13. The maximum atomic E-state index is 13.7. The molecule has 30 heavy (non-hydrogen) atoms. The number of aromatic nitrogens is 1. The molecule has 1 heterocycles. The predicted molar refractivity (Wildman–Crippen MR) is 118 cm³/mol. The van der Waals surface area contributed by atoms with Crippen LogP contribution in [0.1, 0.15) is 34.0 Å². The van der Waals surface area contributed by atoms with E-state index in [4.69, 9.17) is 0 Å². The molecule has 4 nitrogen and oxygen atoms in total. The summed E-state index contributed by atoms with van der Waals surface area (Å²) >= 11 is 0. The van der Waals surface area contributed by atoms with Gasteiger partial charge in [0.15, 0.2) is 5.78 Å². The number of fused-ring (bicyclic) bond motifs is 1. The van der Waals surface area contributed by atoms with Crippen molar-refractivity contribution >= 4 is 26.5 Å². The number of aryl methyl sites for hydroxylation is 2. The lowest BCUT2D eigenvalue weighted by atomic mass is 10.0. The number of hydrogen-bond donors (Lipinski definition) is 0. The van der Waals surface area contributed by atoms with Crippen LogP contribution in [0.25, 0.3) is 10.9 Å². The van der Waals surface area contributed by atoms with Gasteiger partial charge in [-0.1, -0.05) is 61.0 Å². The summed E-state index contributed by atoms with van der Waals surface area (Å²) in [5, 5.41) is 0.469. The van der Waals surface area contributed by atoms with Gasteiger partial charge in [-0.3, -0.25) is 9.78 Å². The van der Waals surface area contributed by atoms with E-state index in [1.807, 2.05) is 32.0 Å². The standard InChI is InChI=1S/C25H21NO3S/c1-3-18-11-14-23-21(15-18)25(30(28,29)20-12-9-17(2)10-13-20)22(16-26-23)24(27)19-7-5-4-6-8-19/h4-16H,3H2,1-2H3. The summed E-state index contributed by atoms with van der Waals surface area (Å²) in [6.45, 7) is 3.90. The van der Waals surface area contributed by atoms with Gasteiger partial charge in [-0.25, -0.2) is 8.42 Å². The van der Waals surface area contributed by atoms with Crippen LogP contribution < -0.4 is 0 Å². The first kappa shape index (κ1) is 20.0. The first-order valence-corrected chi connectivity index (χ1v) is 11.2. The van der Waals surface area contributed by atoms with E-state index in [0.717, 1.165) is 17.5 Å². The number of carbonyl (C=O) groups excluding carboxylic acids is 1. The van der Waals surface area contributed by atoms with Crippen LogP contribution in [-0.2, 0) is 16.3 Å². The minimum atomic E-state index is -3.95. The SMILES string of the molecule is CCc1ccc2ncc(C(=O)c3ccccc3)c(S(=O)(=O)c3ccc(C)cc3)c2c1. The Labute approximate surface area is 176 Å². The smallest absolute Gasteiger partial charge is 0.208 e. The molecule has 4 rings (SSSR count). The van der Waals surface area contributed by atoms with E-state index in [0.29, 0.717) is 16.5 Å². The molecule has 0 radical (unpaired) electrons. The van der Waals surface area contributed by atoms with Crippen molar-refractivity contribution in [2.45, 2.75) is 30.1 Å². The molecule has 0 saturated heterocycles. The number of ketones is 1. The quantitative estimate of drug-likeness (QED) is 0.422. The van der Waals surface area contributed by atoms with Crippen LogP contribution in [0.5, 0.6) is 0 Å². The normalized spacial score (nSPS) is 11.5. The van der Waals surface area contributed by atoms with Gasteiger partial charge in [0.05, 0.1) is 20.9 Å². The number of rotatable bonds is 5. The van der Waals surface area contributed by atoms with Crippen LogP contribution >= 0.6 is 0 Å². The third-order valence-corrected chi connectivity index (χ3v) is 7.04. The Bertz CT molecular complexity index is 1340. The van der Waals surface area contributed by atoms with Gasteiger partial charge >= 0.3 is 0 Å². The van der Waals surface area contributed by atoms with Gasteiger partial charge in [0.1, 0.15) is 0 Å². The number of carbonyl (C=O) groups is 1. The van der Waals surface area contributed by atoms with Crippen molar-refractivity contribution in [3.05, 3.63) is 101 Å². The fourth-order valence-corrected chi connectivity index (χ4v) is 5.08. The lowest BCUT2D eigenvalue weighted by Crippen LogP contribution is -2.13. The first-order valence-electron chi connectivity index (χ1n) is 9.75. The van der Waals surface area contributed by atoms with Gasteiger partial charge in [-0.15, -0.1) is 0 Å². The van der Waals surface area contributed by atoms with E-state index in [1.54, 1.807) is 54.6 Å². The lowest BCUT2D eigenvalue weighted by Gasteiger charge is -2.14. The van der Waals surface area contributed by atoms with Gasteiger partial charge in [0.25, 0.3) is 0 Å². The summed E-state index contributed by atoms with van der Waals surface area (Å²) in [7, 11) is -3.95. The number of benzene rings is 3. The molecule has 0 aliphatic rings. The Morgan fingerprint density at radius 1 is 0.933 bits per heavy atom. The molecule has 0 aliphatic carbocycles. The minimum absolute atomic E-state index is 0.0144. The van der Waals surface area contributed by atoms with Gasteiger partial charge in [-0.05, 0) is 43.2 Å². The fourth-order valence-electron chi connectivity index (χ4n) is 3.47. The van der Waals surface area contributed by atoms with E-state index in [9.17, 15) is 13.2 Å². The first-order chi connectivity index (χ1) is 14.4. The molecule has 0 fully saturated rings. The molecule has 0 atom stereocenters. The Balaban J connectivity index is 2.05. The van der Waals surface area contributed by atoms with Crippen molar-refractivity contribution in [1.29, 1.82) is 0 Å². The highest BCUT2D eigenvalue weighted by molar-refractivity contribution is 7.91. The monoisotopic (exact) mass is 415 g/mol. The molecule has 0 spiro atoms. The fraction of sp³-hybridized carbons (Fsp3) is 0.120. The molecule has 3 aromatic carbocycles. The zero-order chi connectivity index (χ0) is 21.3. The zero-order valence-electron chi connectivity index (χ0n) is 16.8. The predicted octanol–water partition coefficient (Wildman–Crippen LogP) is 5.17. The molecule has 0 amide bonds. The third-order valence-electron chi connectivity index (χ3n) is 5.17. The van der Waals surface area contributed by atoms with Crippen molar-refractivity contribution in [2.24, 2.45) is 0 Å². The molecule has 0 saturated carbocycles. The van der Waals surface area contributed by atoms with E-state index in [1.165, 1.54) is 6.20 Å². The third kappa shape index (κ3) is 3.53. The topological polar surface area (TPSA) is 64.1 Å². The number of sulfone groups is 1. The molecular formula is C25H21NO3S. The maximum Gasteiger partial charge on any atom is 0.208 e. The number of hydrogen-bond acceptors (Lipinski definition) is 4. The molecule has 0 bridgehead atoms. The highest BCUT2D eigenvalue weighted by Crippen LogP contribution is 2.32. The van der Waals surface area contributed by atoms with Crippen LogP contribution in [0.15, 0.2) is 88.8 Å². The Hall–Kier alpha value is -3.31. The van der Waals surface area contributed by atoms with Crippen molar-refractivity contribution < 1.29 is 13.2 Å². The summed E-state index contributed by atoms with van der Waals surface area (Å²) < 4.78 is 27.5. The van der Waals surface area contributed by atoms with E-state index < -0.39 is 9.84 Å². The Morgan fingerprint density at radius 2 is 1.63 bits per heavy atom. The molecule has 4 aromatic rings. The number of pyridine rings is 1. The Morgan fingerprint density at radius 3 is 2.30 bits per heavy atom. The summed E-state index contributed by atoms with van der Waals surface area (Å²) in [4.78, 5) is 17.9. The molecule has 0 aliphatic heterocycles. The van der Waals surface area contributed by atoms with Crippen molar-refractivity contribution in [3.63, 3.8) is 0 Å². The highest BCUT2D eigenvalue weighted by atomic mass is 32.2. The number of nitrogens with zero attached hydrogens (tertiary/aromatic N) is 1. The molecule has 0 N–H and O–H groups in total. The van der Waals surface area contributed by atoms with Crippen molar-refractivity contribution in [2.75, 3.05) is 0 Å². The summed E-state index contributed by atoms with van der Waals surface area (Å²) in [5.41, 5.74) is 2.99. The second kappa shape index (κ2) is 7.84. The largest absolute Gasteiger partial charge is 0.289 e. The lowest BCUT2D eigenvalue weighted by molar-refractivity contribution is 0.103. The van der Waals surface area contributed by atoms with Gasteiger partial charge < -0.3 is 0 Å². The van der Waals surface area contributed by atoms with E-state index >= 15 is 0 Å². The van der Waals surface area contributed by atoms with Gasteiger partial charge in [-0.2, -0.15) is 0 Å². The van der Waals surface area contributed by atoms with Crippen molar-refractivity contribution in [1.82, 2.24) is 4.98 Å². The Kier molecular flexibility index (Phi) is 5.22. The molecule has 0 unspecified atom stereocenters. The molecule has 5 heteroatoms. The van der Waals surface area contributed by atoms with E-state index in [2.05, 4.69) is 4.98 Å². The average molecular weight is 416 g/mol. The molecular weight excluding hydrogens is 394 g/mol. The second-order valence-electron chi connectivity index (χ2n) is 7.22. The summed E-state index contributed by atoms with van der Waals surface area (Å²) in [6, 6.07) is 20.9. The highest BCUT2D eigenvalue weighted by Gasteiger charge is 2.28. The minimum Gasteiger partial charge on any atom is -0.289 e. The van der Waals surface area contributed by atoms with Crippen LogP contribution in [-0.4, -0.2) is 19.2 Å². The van der Waals surface area contributed by atoms with E-state index in [-0.39, 0.29) is 21.1 Å². The van der Waals surface area contributed by atoms with Crippen molar-refractivity contribution in [3.8, 4) is 0 Å². The second-order valence-corrected chi connectivity index (χ2v) is 9.10. The zero-order valence-corrected chi connectivity index (χ0v) is 17.6. The van der Waals surface area contributed by atoms with Gasteiger partial charge in [0, 0.05) is 17.1 Å². The molecule has 150 valence electrons. The van der Waals surface area contributed by atoms with Gasteiger partial charge in [0.2, 0.25) is 9.84 Å². The molecule has 1 aromatic heterocycles. The average Bonchev–Trinajstić information content (AvgIpc) is 2.78. The van der Waals surface area contributed by atoms with Crippen LogP contribution in [0.3, 0.4) is 0 Å². The summed E-state index contributed by atoms with van der Waals surface area (Å²) in [5.74, 6) is -0.363. The van der Waals surface area contributed by atoms with Crippen LogP contribution in [0, 0.1) is 6.92 Å². The maximum absolute atomic E-state index is 13.7.